The molecule has 2 aromatic rings. The molecule has 0 N–H and O–H groups in total. The maximum absolute atomic E-state index is 4.25. The summed E-state index contributed by atoms with van der Waals surface area (Å²) in [7, 11) is 0. The molecule has 25 heavy (non-hydrogen) atoms. The van der Waals surface area contributed by atoms with E-state index in [0.717, 1.165) is 5.69 Å². The molecule has 1 aromatic carbocycles. The van der Waals surface area contributed by atoms with Crippen LogP contribution in [0.3, 0.4) is 0 Å². The lowest BCUT2D eigenvalue weighted by Crippen LogP contribution is -2.13. The largest absolute Gasteiger partial charge is 0.261 e. The van der Waals surface area contributed by atoms with Gasteiger partial charge in [0.2, 0.25) is 0 Å². The van der Waals surface area contributed by atoms with Crippen LogP contribution in [0.2, 0.25) is 0 Å². The van der Waals surface area contributed by atoms with E-state index in [2.05, 4.69) is 89.8 Å². The molecule has 1 heteroatoms. The van der Waals surface area contributed by atoms with Gasteiger partial charge in [0.05, 0.1) is 0 Å². The van der Waals surface area contributed by atoms with E-state index in [1.807, 2.05) is 40.0 Å². The van der Waals surface area contributed by atoms with Gasteiger partial charge in [-0.1, -0.05) is 106 Å². The highest BCUT2D eigenvalue weighted by atomic mass is 14.7. The van der Waals surface area contributed by atoms with Crippen LogP contribution in [0.1, 0.15) is 86.1 Å². The molecular formula is C24H41N. The molecule has 0 radical (unpaired) electrons. The fraction of sp³-hybridized carbons (Fsp3) is 0.542. The monoisotopic (exact) mass is 343 g/mol. The number of aryl methyl sites for hydroxylation is 1. The fourth-order valence-corrected chi connectivity index (χ4v) is 2.22. The maximum Gasteiger partial charge on any atom is 0.0409 e. The minimum Gasteiger partial charge on any atom is -0.261 e. The second-order valence-corrected chi connectivity index (χ2v) is 7.50. The molecule has 0 aliphatic carbocycles. The van der Waals surface area contributed by atoms with Crippen LogP contribution in [0.5, 0.6) is 0 Å². The molecule has 0 unspecified atom stereocenters. The zero-order chi connectivity index (χ0) is 20.1. The summed E-state index contributed by atoms with van der Waals surface area (Å²) < 4.78 is 0. The molecule has 1 nitrogen and oxygen atoms in total. The van der Waals surface area contributed by atoms with Crippen molar-refractivity contribution in [2.75, 3.05) is 0 Å². The van der Waals surface area contributed by atoms with Gasteiger partial charge in [-0.2, -0.15) is 0 Å². The smallest absolute Gasteiger partial charge is 0.0409 e. The topological polar surface area (TPSA) is 12.9 Å². The van der Waals surface area contributed by atoms with Crippen molar-refractivity contribution in [1.82, 2.24) is 4.98 Å². The SMILES string of the molecule is CC.CC.CC(C)(C)c1ccccc1.Cc1ncccc1C(C)(C)C. The summed E-state index contributed by atoms with van der Waals surface area (Å²) in [6.07, 6.45) is 1.84. The number of hydrogen-bond acceptors (Lipinski definition) is 1. The Hall–Kier alpha value is -1.63. The molecule has 0 aliphatic rings. The molecule has 0 amide bonds. The summed E-state index contributed by atoms with van der Waals surface area (Å²) in [4.78, 5) is 4.25. The number of hydrogen-bond donors (Lipinski definition) is 0. The van der Waals surface area contributed by atoms with E-state index in [4.69, 9.17) is 0 Å². The van der Waals surface area contributed by atoms with E-state index in [1.54, 1.807) is 0 Å². The molecular weight excluding hydrogens is 302 g/mol. The van der Waals surface area contributed by atoms with E-state index in [9.17, 15) is 0 Å². The van der Waals surface area contributed by atoms with Crippen LogP contribution in [-0.2, 0) is 10.8 Å². The number of benzene rings is 1. The third kappa shape index (κ3) is 10.8. The lowest BCUT2D eigenvalue weighted by Gasteiger charge is -2.20. The lowest BCUT2D eigenvalue weighted by molar-refractivity contribution is 0.582. The molecule has 2 rings (SSSR count). The van der Waals surface area contributed by atoms with E-state index in [1.165, 1.54) is 11.1 Å². The van der Waals surface area contributed by atoms with Crippen LogP contribution in [0, 0.1) is 6.92 Å². The molecule has 0 saturated carbocycles. The number of nitrogens with zero attached hydrogens (tertiary/aromatic N) is 1. The molecule has 1 aromatic heterocycles. The van der Waals surface area contributed by atoms with Crippen LogP contribution in [0.4, 0.5) is 0 Å². The summed E-state index contributed by atoms with van der Waals surface area (Å²) in [5, 5.41) is 0. The Balaban J connectivity index is 0. The third-order valence-electron chi connectivity index (χ3n) is 3.45. The van der Waals surface area contributed by atoms with Gasteiger partial charge in [-0.15, -0.1) is 0 Å². The average Bonchev–Trinajstić information content (AvgIpc) is 2.58. The van der Waals surface area contributed by atoms with Gasteiger partial charge in [0.1, 0.15) is 0 Å². The summed E-state index contributed by atoms with van der Waals surface area (Å²) in [5.74, 6) is 0. The minimum absolute atomic E-state index is 0.221. The molecule has 0 atom stereocenters. The van der Waals surface area contributed by atoms with Crippen molar-refractivity contribution >= 4 is 0 Å². The Morgan fingerprint density at radius 1 is 0.640 bits per heavy atom. The first-order valence-corrected chi connectivity index (χ1v) is 9.60. The van der Waals surface area contributed by atoms with Gasteiger partial charge < -0.3 is 0 Å². The third-order valence-corrected chi connectivity index (χ3v) is 3.45. The van der Waals surface area contributed by atoms with E-state index in [-0.39, 0.29) is 5.41 Å². The van der Waals surface area contributed by atoms with Gasteiger partial charge in [-0.25, -0.2) is 0 Å². The highest BCUT2D eigenvalue weighted by Gasteiger charge is 2.15. The minimum atomic E-state index is 0.221. The lowest BCUT2D eigenvalue weighted by atomic mass is 9.86. The fourth-order valence-electron chi connectivity index (χ4n) is 2.22. The van der Waals surface area contributed by atoms with Crippen LogP contribution in [-0.4, -0.2) is 4.98 Å². The van der Waals surface area contributed by atoms with E-state index < -0.39 is 0 Å². The van der Waals surface area contributed by atoms with Crippen LogP contribution >= 0.6 is 0 Å². The van der Waals surface area contributed by atoms with Crippen LogP contribution in [0.25, 0.3) is 0 Å². The van der Waals surface area contributed by atoms with Crippen molar-refractivity contribution in [2.45, 2.75) is 87.0 Å². The number of pyridine rings is 1. The van der Waals surface area contributed by atoms with Gasteiger partial charge in [0, 0.05) is 11.9 Å². The Morgan fingerprint density at radius 3 is 1.40 bits per heavy atom. The highest BCUT2D eigenvalue weighted by Crippen LogP contribution is 2.23. The normalized spacial score (nSPS) is 10.2. The van der Waals surface area contributed by atoms with Crippen molar-refractivity contribution in [3.05, 3.63) is 65.5 Å². The van der Waals surface area contributed by atoms with Gasteiger partial charge >= 0.3 is 0 Å². The van der Waals surface area contributed by atoms with Crippen LogP contribution < -0.4 is 0 Å². The Labute approximate surface area is 157 Å². The molecule has 0 spiro atoms. The van der Waals surface area contributed by atoms with Crippen LogP contribution in [0.15, 0.2) is 48.7 Å². The molecule has 0 bridgehead atoms. The number of rotatable bonds is 0. The molecule has 1 heterocycles. The van der Waals surface area contributed by atoms with Crippen molar-refractivity contribution in [3.63, 3.8) is 0 Å². The Kier molecular flexibility index (Phi) is 13.0. The summed E-state index contributed by atoms with van der Waals surface area (Å²) >= 11 is 0. The van der Waals surface area contributed by atoms with Crippen molar-refractivity contribution in [3.8, 4) is 0 Å². The van der Waals surface area contributed by atoms with Gasteiger partial charge in [-0.3, -0.25) is 4.98 Å². The predicted octanol–water partition coefficient (Wildman–Crippen LogP) is 7.72. The summed E-state index contributed by atoms with van der Waals surface area (Å²) in [6, 6.07) is 14.7. The second-order valence-electron chi connectivity index (χ2n) is 7.50. The zero-order valence-electron chi connectivity index (χ0n) is 18.6. The molecule has 142 valence electrons. The molecule has 0 aliphatic heterocycles. The van der Waals surface area contributed by atoms with Gasteiger partial charge in [0.15, 0.2) is 0 Å². The summed E-state index contributed by atoms with van der Waals surface area (Å²) in [5.41, 5.74) is 4.38. The molecule has 0 saturated heterocycles. The Morgan fingerprint density at radius 2 is 1.12 bits per heavy atom. The van der Waals surface area contributed by atoms with E-state index >= 15 is 0 Å². The highest BCUT2D eigenvalue weighted by molar-refractivity contribution is 5.25. The van der Waals surface area contributed by atoms with Crippen molar-refractivity contribution in [1.29, 1.82) is 0 Å². The second kappa shape index (κ2) is 12.7. The van der Waals surface area contributed by atoms with Gasteiger partial charge in [0.25, 0.3) is 0 Å². The average molecular weight is 344 g/mol. The first-order chi connectivity index (χ1) is 11.6. The number of aromatic nitrogens is 1. The maximum atomic E-state index is 4.25. The molecule has 0 fully saturated rings. The zero-order valence-corrected chi connectivity index (χ0v) is 18.6. The quantitative estimate of drug-likeness (QED) is 0.477. The van der Waals surface area contributed by atoms with E-state index in [0.29, 0.717) is 5.41 Å². The predicted molar refractivity (Wildman–Crippen MR) is 116 cm³/mol. The first-order valence-electron chi connectivity index (χ1n) is 9.60. The Bertz CT molecular complexity index is 542. The van der Waals surface area contributed by atoms with Crippen molar-refractivity contribution < 1.29 is 0 Å². The van der Waals surface area contributed by atoms with Gasteiger partial charge in [-0.05, 0) is 34.9 Å². The standard InChI is InChI=1S/C10H15N.C10H14.2C2H6/c1-8-9(10(2,3)4)6-5-7-11-8;1-10(2,3)9-7-5-4-6-8-9;2*1-2/h5-7H,1-4H3;4-8H,1-3H3;2*1-2H3. The summed E-state index contributed by atoms with van der Waals surface area (Å²) in [6.45, 7) is 23.3. The van der Waals surface area contributed by atoms with Crippen molar-refractivity contribution in [2.24, 2.45) is 0 Å². The first kappa shape index (κ1) is 25.6.